The highest BCUT2D eigenvalue weighted by atomic mass is 16.5. The highest BCUT2D eigenvalue weighted by Crippen LogP contribution is 2.27. The molecule has 0 fully saturated rings. The molecular formula is C19H20N2O5. The van der Waals surface area contributed by atoms with Gasteiger partial charge in [-0.2, -0.15) is 0 Å². The molecule has 0 saturated heterocycles. The number of hydrazine groups is 1. The van der Waals surface area contributed by atoms with E-state index in [0.29, 0.717) is 17.2 Å². The highest BCUT2D eigenvalue weighted by Gasteiger charge is 2.05. The molecule has 136 valence electrons. The van der Waals surface area contributed by atoms with Gasteiger partial charge in [-0.05, 0) is 35.9 Å². The van der Waals surface area contributed by atoms with Gasteiger partial charge in [0.1, 0.15) is 5.75 Å². The van der Waals surface area contributed by atoms with Gasteiger partial charge in [-0.3, -0.25) is 20.4 Å². The first-order valence-corrected chi connectivity index (χ1v) is 7.79. The van der Waals surface area contributed by atoms with Crippen molar-refractivity contribution in [3.05, 3.63) is 60.2 Å². The summed E-state index contributed by atoms with van der Waals surface area (Å²) in [5, 5.41) is 0. The van der Waals surface area contributed by atoms with Gasteiger partial charge in [0.05, 0.1) is 14.2 Å². The Labute approximate surface area is 151 Å². The van der Waals surface area contributed by atoms with Crippen LogP contribution in [0.5, 0.6) is 17.2 Å². The maximum atomic E-state index is 11.8. The first kappa shape index (κ1) is 18.9. The Balaban J connectivity index is 1.79. The number of rotatable bonds is 7. The molecule has 26 heavy (non-hydrogen) atoms. The SMILES string of the molecule is COc1ccc(C=CC(=O)NNC(=O)COc2ccccc2)cc1OC. The van der Waals surface area contributed by atoms with Crippen LogP contribution in [0.4, 0.5) is 0 Å². The third kappa shape index (κ3) is 5.86. The van der Waals surface area contributed by atoms with Crippen LogP contribution in [0, 0.1) is 0 Å². The van der Waals surface area contributed by atoms with Crippen LogP contribution in [0.25, 0.3) is 6.08 Å². The van der Waals surface area contributed by atoms with Gasteiger partial charge in [0, 0.05) is 6.08 Å². The zero-order valence-electron chi connectivity index (χ0n) is 14.5. The van der Waals surface area contributed by atoms with Crippen molar-refractivity contribution >= 4 is 17.9 Å². The van der Waals surface area contributed by atoms with Gasteiger partial charge in [-0.1, -0.05) is 24.3 Å². The number of methoxy groups -OCH3 is 2. The molecule has 0 radical (unpaired) electrons. The van der Waals surface area contributed by atoms with Gasteiger partial charge < -0.3 is 14.2 Å². The molecule has 0 bridgehead atoms. The number of carbonyl (C=O) groups excluding carboxylic acids is 2. The number of hydrogen-bond donors (Lipinski definition) is 2. The number of nitrogens with one attached hydrogen (secondary N) is 2. The van der Waals surface area contributed by atoms with Gasteiger partial charge in [0.25, 0.3) is 11.8 Å². The average molecular weight is 356 g/mol. The molecule has 2 aromatic carbocycles. The molecule has 7 nitrogen and oxygen atoms in total. The molecule has 0 aliphatic heterocycles. The van der Waals surface area contributed by atoms with Crippen LogP contribution < -0.4 is 25.1 Å². The van der Waals surface area contributed by atoms with E-state index in [1.165, 1.54) is 13.2 Å². The minimum Gasteiger partial charge on any atom is -0.493 e. The van der Waals surface area contributed by atoms with Gasteiger partial charge in [-0.25, -0.2) is 0 Å². The molecule has 0 aromatic heterocycles. The zero-order chi connectivity index (χ0) is 18.8. The molecule has 0 unspecified atom stereocenters. The summed E-state index contributed by atoms with van der Waals surface area (Å²) < 4.78 is 15.6. The standard InChI is InChI=1S/C19H20N2O5/c1-24-16-10-8-14(12-17(16)25-2)9-11-18(22)20-21-19(23)13-26-15-6-4-3-5-7-15/h3-12H,13H2,1-2H3,(H,20,22)(H,21,23). The lowest BCUT2D eigenvalue weighted by atomic mass is 10.2. The molecule has 7 heteroatoms. The summed E-state index contributed by atoms with van der Waals surface area (Å²) in [6, 6.07) is 14.2. The highest BCUT2D eigenvalue weighted by molar-refractivity contribution is 5.93. The van der Waals surface area contributed by atoms with Crippen molar-refractivity contribution in [2.75, 3.05) is 20.8 Å². The van der Waals surface area contributed by atoms with Crippen molar-refractivity contribution in [1.29, 1.82) is 0 Å². The molecule has 2 amide bonds. The lowest BCUT2D eigenvalue weighted by Gasteiger charge is -2.08. The summed E-state index contributed by atoms with van der Waals surface area (Å²) in [7, 11) is 3.08. The van der Waals surface area contributed by atoms with E-state index >= 15 is 0 Å². The van der Waals surface area contributed by atoms with Crippen LogP contribution in [0.2, 0.25) is 0 Å². The van der Waals surface area contributed by atoms with Crippen molar-refractivity contribution in [2.24, 2.45) is 0 Å². The number of hydrogen-bond acceptors (Lipinski definition) is 5. The minimum absolute atomic E-state index is 0.205. The monoisotopic (exact) mass is 356 g/mol. The Morgan fingerprint density at radius 1 is 0.962 bits per heavy atom. The first-order chi connectivity index (χ1) is 12.6. The second-order valence-corrected chi connectivity index (χ2v) is 5.09. The predicted molar refractivity (Wildman–Crippen MR) is 96.8 cm³/mol. The van der Waals surface area contributed by atoms with Crippen LogP contribution in [0.3, 0.4) is 0 Å². The lowest BCUT2D eigenvalue weighted by molar-refractivity contribution is -0.128. The van der Waals surface area contributed by atoms with Crippen molar-refractivity contribution in [3.8, 4) is 17.2 Å². The molecular weight excluding hydrogens is 336 g/mol. The summed E-state index contributed by atoms with van der Waals surface area (Å²) in [5.74, 6) is 0.776. The van der Waals surface area contributed by atoms with E-state index in [4.69, 9.17) is 14.2 Å². The van der Waals surface area contributed by atoms with E-state index < -0.39 is 11.8 Å². The summed E-state index contributed by atoms with van der Waals surface area (Å²) >= 11 is 0. The third-order valence-electron chi connectivity index (χ3n) is 3.27. The van der Waals surface area contributed by atoms with Gasteiger partial charge >= 0.3 is 0 Å². The minimum atomic E-state index is -0.479. The molecule has 2 N–H and O–H groups in total. The first-order valence-electron chi connectivity index (χ1n) is 7.79. The Hall–Kier alpha value is -3.48. The van der Waals surface area contributed by atoms with Crippen LogP contribution >= 0.6 is 0 Å². The lowest BCUT2D eigenvalue weighted by Crippen LogP contribution is -2.43. The molecule has 0 atom stereocenters. The molecule has 0 spiro atoms. The Morgan fingerprint density at radius 2 is 1.69 bits per heavy atom. The number of carbonyl (C=O) groups is 2. The number of benzene rings is 2. The zero-order valence-corrected chi connectivity index (χ0v) is 14.5. The van der Waals surface area contributed by atoms with E-state index in [-0.39, 0.29) is 6.61 Å². The smallest absolute Gasteiger partial charge is 0.276 e. The quantitative estimate of drug-likeness (QED) is 0.585. The second-order valence-electron chi connectivity index (χ2n) is 5.09. The predicted octanol–water partition coefficient (Wildman–Crippen LogP) is 1.94. The summed E-state index contributed by atoms with van der Waals surface area (Å²) in [6.07, 6.45) is 2.88. The van der Waals surface area contributed by atoms with Crippen LogP contribution in [-0.4, -0.2) is 32.6 Å². The van der Waals surface area contributed by atoms with Crippen LogP contribution in [0.15, 0.2) is 54.6 Å². The fraction of sp³-hybridized carbons (Fsp3) is 0.158. The van der Waals surface area contributed by atoms with E-state index in [9.17, 15) is 9.59 Å². The topological polar surface area (TPSA) is 85.9 Å². The Morgan fingerprint density at radius 3 is 2.38 bits per heavy atom. The maximum absolute atomic E-state index is 11.8. The second kappa shape index (κ2) is 9.73. The fourth-order valence-corrected chi connectivity index (χ4v) is 2.00. The van der Waals surface area contributed by atoms with Crippen LogP contribution in [0.1, 0.15) is 5.56 Å². The van der Waals surface area contributed by atoms with Gasteiger partial charge in [0.2, 0.25) is 0 Å². The van der Waals surface area contributed by atoms with Gasteiger partial charge in [-0.15, -0.1) is 0 Å². The summed E-state index contributed by atoms with van der Waals surface area (Å²) in [6.45, 7) is -0.205. The number of amides is 2. The maximum Gasteiger partial charge on any atom is 0.276 e. The molecule has 0 heterocycles. The normalized spacial score (nSPS) is 10.2. The Bertz CT molecular complexity index is 775. The average Bonchev–Trinajstić information content (AvgIpc) is 2.69. The van der Waals surface area contributed by atoms with Crippen LogP contribution in [-0.2, 0) is 9.59 Å². The molecule has 0 saturated carbocycles. The largest absolute Gasteiger partial charge is 0.493 e. The molecule has 2 aromatic rings. The van der Waals surface area contributed by atoms with Crippen molar-refractivity contribution in [1.82, 2.24) is 10.9 Å². The van der Waals surface area contributed by atoms with E-state index in [2.05, 4.69) is 10.9 Å². The Kier molecular flexibility index (Phi) is 7.05. The third-order valence-corrected chi connectivity index (χ3v) is 3.27. The van der Waals surface area contributed by atoms with Crippen molar-refractivity contribution in [2.45, 2.75) is 0 Å². The van der Waals surface area contributed by atoms with Crippen molar-refractivity contribution in [3.63, 3.8) is 0 Å². The van der Waals surface area contributed by atoms with E-state index in [1.807, 2.05) is 6.07 Å². The van der Waals surface area contributed by atoms with Crippen molar-refractivity contribution < 1.29 is 23.8 Å². The van der Waals surface area contributed by atoms with E-state index in [0.717, 1.165) is 5.56 Å². The number of para-hydroxylation sites is 1. The molecule has 2 rings (SSSR count). The molecule has 0 aliphatic rings. The van der Waals surface area contributed by atoms with Gasteiger partial charge in [0.15, 0.2) is 18.1 Å². The molecule has 0 aliphatic carbocycles. The van der Waals surface area contributed by atoms with E-state index in [1.54, 1.807) is 55.7 Å². The fourth-order valence-electron chi connectivity index (χ4n) is 2.00. The number of ether oxygens (including phenoxy) is 3. The summed E-state index contributed by atoms with van der Waals surface area (Å²) in [4.78, 5) is 23.4. The summed E-state index contributed by atoms with van der Waals surface area (Å²) in [5.41, 5.74) is 5.30.